The summed E-state index contributed by atoms with van der Waals surface area (Å²) < 4.78 is 22.2. The van der Waals surface area contributed by atoms with Gasteiger partial charge >= 0.3 is 0 Å². The fourth-order valence-electron chi connectivity index (χ4n) is 2.71. The zero-order valence-corrected chi connectivity index (χ0v) is 13.5. The first-order valence-corrected chi connectivity index (χ1v) is 8.91. The number of nitrogens with zero attached hydrogens (tertiary/aromatic N) is 3. The van der Waals surface area contributed by atoms with Crippen LogP contribution in [0.1, 0.15) is 12.0 Å². The van der Waals surface area contributed by atoms with E-state index in [0.29, 0.717) is 32.6 Å². The maximum absolute atomic E-state index is 12.2. The molecule has 0 aliphatic carbocycles. The van der Waals surface area contributed by atoms with Gasteiger partial charge in [0.25, 0.3) is 0 Å². The molecule has 0 unspecified atom stereocenters. The van der Waals surface area contributed by atoms with Gasteiger partial charge in [-0.15, -0.1) is 0 Å². The summed E-state index contributed by atoms with van der Waals surface area (Å²) in [5.41, 5.74) is 1.05. The number of nitrogens with two attached hydrogens (primary N) is 1. The van der Waals surface area contributed by atoms with Gasteiger partial charge in [-0.25, -0.2) is 13.6 Å². The third-order valence-corrected chi connectivity index (χ3v) is 4.62. The van der Waals surface area contributed by atoms with Gasteiger partial charge in [-0.05, 0) is 31.0 Å². The quantitative estimate of drug-likeness (QED) is 0.771. The van der Waals surface area contributed by atoms with Crippen LogP contribution in [0.3, 0.4) is 0 Å². The van der Waals surface area contributed by atoms with Crippen LogP contribution in [0.2, 0.25) is 0 Å². The van der Waals surface area contributed by atoms with E-state index in [1.54, 1.807) is 17.3 Å². The summed E-state index contributed by atoms with van der Waals surface area (Å²) in [7, 11) is -1.60. The Hall–Kier alpha value is -1.51. The largest absolute Gasteiger partial charge is 0.341 e. The zero-order chi connectivity index (χ0) is 16.2. The normalized spacial score (nSPS) is 18.9. The molecule has 1 aliphatic heterocycles. The first kappa shape index (κ1) is 16.9. The molecular formula is C14H22N4O3S. The molecule has 2 heterocycles. The summed E-state index contributed by atoms with van der Waals surface area (Å²) in [6.07, 6.45) is 4.18. The molecule has 1 aromatic rings. The molecule has 0 radical (unpaired) electrons. The number of sulfonamides is 1. The molecule has 8 heteroatoms. The molecular weight excluding hydrogens is 304 g/mol. The van der Waals surface area contributed by atoms with Crippen LogP contribution in [-0.4, -0.2) is 61.5 Å². The number of primary sulfonamides is 1. The van der Waals surface area contributed by atoms with Crippen LogP contribution in [0, 0.1) is 5.92 Å². The number of pyridine rings is 1. The average Bonchev–Trinajstić information content (AvgIpc) is 2.86. The highest BCUT2D eigenvalue weighted by molar-refractivity contribution is 7.89. The van der Waals surface area contributed by atoms with E-state index in [9.17, 15) is 13.2 Å². The molecule has 2 N–H and O–H groups in total. The van der Waals surface area contributed by atoms with E-state index in [1.165, 1.54) is 0 Å². The summed E-state index contributed by atoms with van der Waals surface area (Å²) in [6.45, 7) is 2.01. The maximum atomic E-state index is 12.2. The van der Waals surface area contributed by atoms with Crippen molar-refractivity contribution in [2.24, 2.45) is 11.1 Å². The molecule has 1 fully saturated rings. The standard InChI is InChI=1S/C14H22N4O3S/c1-17(8-12-3-2-5-16-7-12)10-14(19)18-6-4-13(9-18)11-22(15,20)21/h2-3,5,7,13H,4,6,8-11H2,1H3,(H2,15,20,21)/t13-/m0/s1. The summed E-state index contributed by atoms with van der Waals surface area (Å²) in [5, 5.41) is 5.06. The number of carbonyl (C=O) groups is 1. The summed E-state index contributed by atoms with van der Waals surface area (Å²) in [6, 6.07) is 3.83. The van der Waals surface area contributed by atoms with E-state index in [-0.39, 0.29) is 17.6 Å². The minimum atomic E-state index is -3.48. The molecule has 1 aliphatic rings. The molecule has 0 spiro atoms. The number of likely N-dealkylation sites (N-methyl/N-ethyl adjacent to an activating group) is 1. The fraction of sp³-hybridized carbons (Fsp3) is 0.571. The van der Waals surface area contributed by atoms with Crippen LogP contribution in [-0.2, 0) is 21.4 Å². The van der Waals surface area contributed by atoms with E-state index in [0.717, 1.165) is 5.56 Å². The molecule has 7 nitrogen and oxygen atoms in total. The Labute approximate surface area is 131 Å². The SMILES string of the molecule is CN(CC(=O)N1CC[C@H](CS(N)(=O)=O)C1)Cc1cccnc1. The van der Waals surface area contributed by atoms with Crippen molar-refractivity contribution >= 4 is 15.9 Å². The van der Waals surface area contributed by atoms with Gasteiger partial charge in [-0.2, -0.15) is 0 Å². The first-order valence-electron chi connectivity index (χ1n) is 7.19. The number of aromatic nitrogens is 1. The van der Waals surface area contributed by atoms with Crippen LogP contribution >= 0.6 is 0 Å². The molecule has 1 atom stereocenters. The van der Waals surface area contributed by atoms with Crippen molar-refractivity contribution in [2.75, 3.05) is 32.4 Å². The first-order chi connectivity index (χ1) is 10.3. The molecule has 2 rings (SSSR count). The number of carbonyl (C=O) groups excluding carboxylic acids is 1. The van der Waals surface area contributed by atoms with Crippen molar-refractivity contribution in [1.29, 1.82) is 0 Å². The molecule has 0 aromatic carbocycles. The van der Waals surface area contributed by atoms with Crippen molar-refractivity contribution in [3.63, 3.8) is 0 Å². The van der Waals surface area contributed by atoms with E-state index < -0.39 is 10.0 Å². The second kappa shape index (κ2) is 7.17. The van der Waals surface area contributed by atoms with Crippen LogP contribution in [0.15, 0.2) is 24.5 Å². The predicted octanol–water partition coefficient (Wildman–Crippen LogP) is -0.350. The lowest BCUT2D eigenvalue weighted by atomic mass is 10.2. The molecule has 0 saturated carbocycles. The van der Waals surface area contributed by atoms with Gasteiger partial charge in [0, 0.05) is 32.0 Å². The number of amides is 1. The second-order valence-corrected chi connectivity index (χ2v) is 7.52. The molecule has 1 amide bonds. The zero-order valence-electron chi connectivity index (χ0n) is 12.7. The van der Waals surface area contributed by atoms with Crippen LogP contribution in [0.4, 0.5) is 0 Å². The van der Waals surface area contributed by atoms with Crippen molar-refractivity contribution in [3.05, 3.63) is 30.1 Å². The molecule has 122 valence electrons. The van der Waals surface area contributed by atoms with Gasteiger partial charge in [0.15, 0.2) is 0 Å². The highest BCUT2D eigenvalue weighted by Crippen LogP contribution is 2.17. The molecule has 1 aromatic heterocycles. The van der Waals surface area contributed by atoms with Crippen molar-refractivity contribution in [2.45, 2.75) is 13.0 Å². The summed E-state index contributed by atoms with van der Waals surface area (Å²) in [4.78, 5) is 19.9. The highest BCUT2D eigenvalue weighted by atomic mass is 32.2. The molecule has 0 bridgehead atoms. The lowest BCUT2D eigenvalue weighted by molar-refractivity contribution is -0.131. The second-order valence-electron chi connectivity index (χ2n) is 5.86. The van der Waals surface area contributed by atoms with Crippen LogP contribution in [0.25, 0.3) is 0 Å². The Morgan fingerprint density at radius 1 is 1.55 bits per heavy atom. The van der Waals surface area contributed by atoms with Gasteiger partial charge in [0.2, 0.25) is 15.9 Å². The lowest BCUT2D eigenvalue weighted by Gasteiger charge is -2.21. The molecule has 22 heavy (non-hydrogen) atoms. The van der Waals surface area contributed by atoms with E-state index in [4.69, 9.17) is 5.14 Å². The highest BCUT2D eigenvalue weighted by Gasteiger charge is 2.28. The van der Waals surface area contributed by atoms with E-state index in [1.807, 2.05) is 24.1 Å². The van der Waals surface area contributed by atoms with Gasteiger partial charge < -0.3 is 4.90 Å². The Balaban J connectivity index is 1.80. The third-order valence-electron chi connectivity index (χ3n) is 3.69. The minimum Gasteiger partial charge on any atom is -0.341 e. The average molecular weight is 326 g/mol. The van der Waals surface area contributed by atoms with Gasteiger partial charge in [0.1, 0.15) is 0 Å². The third kappa shape index (κ3) is 5.36. The number of likely N-dealkylation sites (tertiary alicyclic amines) is 1. The predicted molar refractivity (Wildman–Crippen MR) is 83.2 cm³/mol. The van der Waals surface area contributed by atoms with Gasteiger partial charge in [-0.1, -0.05) is 6.07 Å². The topological polar surface area (TPSA) is 96.6 Å². The Morgan fingerprint density at radius 3 is 2.95 bits per heavy atom. The Kier molecular flexibility index (Phi) is 5.49. The minimum absolute atomic E-state index is 0.0170. The summed E-state index contributed by atoms with van der Waals surface area (Å²) >= 11 is 0. The molecule has 1 saturated heterocycles. The number of rotatable bonds is 6. The Bertz CT molecular complexity index is 606. The van der Waals surface area contributed by atoms with Gasteiger partial charge in [0.05, 0.1) is 12.3 Å². The van der Waals surface area contributed by atoms with Crippen molar-refractivity contribution in [3.8, 4) is 0 Å². The monoisotopic (exact) mass is 326 g/mol. The van der Waals surface area contributed by atoms with Crippen molar-refractivity contribution in [1.82, 2.24) is 14.8 Å². The van der Waals surface area contributed by atoms with E-state index >= 15 is 0 Å². The Morgan fingerprint density at radius 2 is 2.32 bits per heavy atom. The maximum Gasteiger partial charge on any atom is 0.236 e. The smallest absolute Gasteiger partial charge is 0.236 e. The number of hydrogen-bond acceptors (Lipinski definition) is 5. The fourth-order valence-corrected chi connectivity index (χ4v) is 3.64. The number of hydrogen-bond donors (Lipinski definition) is 1. The van der Waals surface area contributed by atoms with Crippen molar-refractivity contribution < 1.29 is 13.2 Å². The van der Waals surface area contributed by atoms with Crippen LogP contribution < -0.4 is 5.14 Å². The van der Waals surface area contributed by atoms with E-state index in [2.05, 4.69) is 4.98 Å². The van der Waals surface area contributed by atoms with Crippen LogP contribution in [0.5, 0.6) is 0 Å². The summed E-state index contributed by atoms with van der Waals surface area (Å²) in [5.74, 6) is -0.0895. The van der Waals surface area contributed by atoms with Gasteiger partial charge in [-0.3, -0.25) is 14.7 Å². The lowest BCUT2D eigenvalue weighted by Crippen LogP contribution is -2.38.